The van der Waals surface area contributed by atoms with Crippen LogP contribution in [0.25, 0.3) is 6.08 Å². The fourth-order valence-corrected chi connectivity index (χ4v) is 2.66. The minimum Gasteiger partial charge on any atom is -0.327 e. The number of benzene rings is 1. The maximum Gasteiger partial charge on any atom is 0.0110 e. The van der Waals surface area contributed by atoms with Crippen molar-refractivity contribution in [1.82, 2.24) is 4.90 Å². The highest BCUT2D eigenvalue weighted by Crippen LogP contribution is 2.27. The van der Waals surface area contributed by atoms with E-state index in [2.05, 4.69) is 42.3 Å². The molecule has 0 aliphatic carbocycles. The van der Waals surface area contributed by atoms with Crippen molar-refractivity contribution >= 4 is 6.08 Å². The van der Waals surface area contributed by atoms with Gasteiger partial charge in [0.1, 0.15) is 0 Å². The predicted molar refractivity (Wildman–Crippen MR) is 78.6 cm³/mol. The zero-order valence-corrected chi connectivity index (χ0v) is 11.3. The Morgan fingerprint density at radius 3 is 2.72 bits per heavy atom. The molecule has 0 bridgehead atoms. The fraction of sp³-hybridized carbons (Fsp3) is 0.500. The molecule has 1 aliphatic rings. The lowest BCUT2D eigenvalue weighted by Crippen LogP contribution is -2.18. The maximum absolute atomic E-state index is 5.46. The topological polar surface area (TPSA) is 29.3 Å². The highest BCUT2D eigenvalue weighted by Gasteiger charge is 2.16. The number of nitrogens with zero attached hydrogens (tertiary/aromatic N) is 1. The largest absolute Gasteiger partial charge is 0.327 e. The molecule has 2 nitrogen and oxygen atoms in total. The molecule has 98 valence electrons. The molecule has 0 saturated carbocycles. The lowest BCUT2D eigenvalue weighted by Gasteiger charge is -2.15. The number of nitrogens with two attached hydrogens (primary N) is 1. The third kappa shape index (κ3) is 3.69. The van der Waals surface area contributed by atoms with Gasteiger partial charge in [-0.3, -0.25) is 0 Å². The van der Waals surface area contributed by atoms with Crippen molar-refractivity contribution in [3.8, 4) is 0 Å². The molecule has 0 spiro atoms. The quantitative estimate of drug-likeness (QED) is 0.886. The normalized spacial score (nSPS) is 22.2. The molecular formula is C16H24N2. The Hall–Kier alpha value is -1.12. The average molecular weight is 244 g/mol. The summed E-state index contributed by atoms with van der Waals surface area (Å²) in [5, 5.41) is 0. The van der Waals surface area contributed by atoms with Gasteiger partial charge in [-0.05, 0) is 56.4 Å². The SMILES string of the molecule is CN1CCCC(c2ccc(/C=C/CN)cc2)CC1. The lowest BCUT2D eigenvalue weighted by atomic mass is 9.91. The highest BCUT2D eigenvalue weighted by molar-refractivity contribution is 5.50. The van der Waals surface area contributed by atoms with Gasteiger partial charge in [0.25, 0.3) is 0 Å². The minimum absolute atomic E-state index is 0.608. The molecule has 1 fully saturated rings. The molecule has 0 amide bonds. The van der Waals surface area contributed by atoms with Gasteiger partial charge < -0.3 is 10.6 Å². The molecule has 2 heteroatoms. The average Bonchev–Trinajstić information content (AvgIpc) is 2.62. The Morgan fingerprint density at radius 2 is 2.00 bits per heavy atom. The van der Waals surface area contributed by atoms with Gasteiger partial charge in [0.2, 0.25) is 0 Å². The van der Waals surface area contributed by atoms with E-state index < -0.39 is 0 Å². The van der Waals surface area contributed by atoms with E-state index in [0.717, 1.165) is 5.92 Å². The van der Waals surface area contributed by atoms with E-state index in [1.165, 1.54) is 43.5 Å². The summed E-state index contributed by atoms with van der Waals surface area (Å²) in [6, 6.07) is 8.98. The summed E-state index contributed by atoms with van der Waals surface area (Å²) in [5.41, 5.74) is 8.20. The fourth-order valence-electron chi connectivity index (χ4n) is 2.66. The van der Waals surface area contributed by atoms with Gasteiger partial charge in [0.05, 0.1) is 0 Å². The third-order valence-corrected chi connectivity index (χ3v) is 3.81. The van der Waals surface area contributed by atoms with Crippen LogP contribution in [0.15, 0.2) is 30.3 Å². The van der Waals surface area contributed by atoms with E-state index in [0.29, 0.717) is 6.54 Å². The zero-order chi connectivity index (χ0) is 12.8. The first-order valence-corrected chi connectivity index (χ1v) is 6.94. The Bertz CT molecular complexity index is 381. The van der Waals surface area contributed by atoms with Crippen LogP contribution in [0.2, 0.25) is 0 Å². The first kappa shape index (κ1) is 13.3. The molecule has 1 atom stereocenters. The summed E-state index contributed by atoms with van der Waals surface area (Å²) in [7, 11) is 2.23. The van der Waals surface area contributed by atoms with Crippen LogP contribution >= 0.6 is 0 Å². The van der Waals surface area contributed by atoms with Crippen LogP contribution in [0.4, 0.5) is 0 Å². The van der Waals surface area contributed by atoms with Gasteiger partial charge in [0.15, 0.2) is 0 Å². The second-order valence-corrected chi connectivity index (χ2v) is 5.24. The highest BCUT2D eigenvalue weighted by atomic mass is 15.1. The standard InChI is InChI=1S/C16H24N2/c1-18-12-3-5-15(10-13-18)16-8-6-14(7-9-16)4-2-11-17/h2,4,6-9,15H,3,5,10-13,17H2,1H3/b4-2+. The van der Waals surface area contributed by atoms with Crippen LogP contribution in [-0.2, 0) is 0 Å². The molecule has 1 saturated heterocycles. The Labute approximate surface area is 110 Å². The van der Waals surface area contributed by atoms with Gasteiger partial charge >= 0.3 is 0 Å². The van der Waals surface area contributed by atoms with Crippen LogP contribution in [0.5, 0.6) is 0 Å². The molecule has 0 aromatic heterocycles. The zero-order valence-electron chi connectivity index (χ0n) is 11.3. The Balaban J connectivity index is 2.02. The van der Waals surface area contributed by atoms with Crippen molar-refractivity contribution in [3.63, 3.8) is 0 Å². The molecule has 1 aromatic rings. The van der Waals surface area contributed by atoms with Gasteiger partial charge in [0, 0.05) is 6.54 Å². The second-order valence-electron chi connectivity index (χ2n) is 5.24. The molecule has 2 N–H and O–H groups in total. The summed E-state index contributed by atoms with van der Waals surface area (Å²) in [4.78, 5) is 2.44. The summed E-state index contributed by atoms with van der Waals surface area (Å²) in [6.07, 6.45) is 8.01. The van der Waals surface area contributed by atoms with E-state index in [1.54, 1.807) is 0 Å². The summed E-state index contributed by atoms with van der Waals surface area (Å²) in [6.45, 7) is 3.07. The molecule has 0 radical (unpaired) electrons. The first-order chi connectivity index (χ1) is 8.79. The molecule has 1 heterocycles. The van der Waals surface area contributed by atoms with Gasteiger partial charge in [-0.25, -0.2) is 0 Å². The smallest absolute Gasteiger partial charge is 0.0110 e. The van der Waals surface area contributed by atoms with Gasteiger partial charge in [-0.15, -0.1) is 0 Å². The number of rotatable bonds is 3. The van der Waals surface area contributed by atoms with Crippen molar-refractivity contribution in [2.24, 2.45) is 5.73 Å². The maximum atomic E-state index is 5.46. The summed E-state index contributed by atoms with van der Waals surface area (Å²) in [5.74, 6) is 0.738. The third-order valence-electron chi connectivity index (χ3n) is 3.81. The molecule has 2 rings (SSSR count). The van der Waals surface area contributed by atoms with Crippen molar-refractivity contribution < 1.29 is 0 Å². The van der Waals surface area contributed by atoms with Crippen molar-refractivity contribution in [3.05, 3.63) is 41.5 Å². The van der Waals surface area contributed by atoms with E-state index in [4.69, 9.17) is 5.73 Å². The molecular weight excluding hydrogens is 220 g/mol. The monoisotopic (exact) mass is 244 g/mol. The van der Waals surface area contributed by atoms with Gasteiger partial charge in [-0.2, -0.15) is 0 Å². The lowest BCUT2D eigenvalue weighted by molar-refractivity contribution is 0.347. The first-order valence-electron chi connectivity index (χ1n) is 6.94. The molecule has 1 aliphatic heterocycles. The molecule has 1 unspecified atom stereocenters. The number of likely N-dealkylation sites (tertiary alicyclic amines) is 1. The molecule has 18 heavy (non-hydrogen) atoms. The molecule has 1 aromatic carbocycles. The van der Waals surface area contributed by atoms with E-state index in [1.807, 2.05) is 6.08 Å². The predicted octanol–water partition coefficient (Wildman–Crippen LogP) is 2.86. The van der Waals surface area contributed by atoms with Crippen molar-refractivity contribution in [2.45, 2.75) is 25.2 Å². The van der Waals surface area contributed by atoms with Crippen molar-refractivity contribution in [2.75, 3.05) is 26.7 Å². The van der Waals surface area contributed by atoms with E-state index in [-0.39, 0.29) is 0 Å². The number of hydrogen-bond donors (Lipinski definition) is 1. The summed E-state index contributed by atoms with van der Waals surface area (Å²) < 4.78 is 0. The van der Waals surface area contributed by atoms with E-state index >= 15 is 0 Å². The van der Waals surface area contributed by atoms with Crippen LogP contribution in [0.3, 0.4) is 0 Å². The van der Waals surface area contributed by atoms with Crippen LogP contribution in [0, 0.1) is 0 Å². The van der Waals surface area contributed by atoms with Crippen molar-refractivity contribution in [1.29, 1.82) is 0 Å². The van der Waals surface area contributed by atoms with Crippen LogP contribution in [0.1, 0.15) is 36.3 Å². The van der Waals surface area contributed by atoms with Crippen LogP contribution < -0.4 is 5.73 Å². The number of hydrogen-bond acceptors (Lipinski definition) is 2. The minimum atomic E-state index is 0.608. The van der Waals surface area contributed by atoms with Gasteiger partial charge in [-0.1, -0.05) is 36.4 Å². The Kier molecular flexibility index (Phi) is 4.97. The van der Waals surface area contributed by atoms with E-state index in [9.17, 15) is 0 Å². The second kappa shape index (κ2) is 6.72. The Morgan fingerprint density at radius 1 is 1.22 bits per heavy atom. The van der Waals surface area contributed by atoms with Crippen LogP contribution in [-0.4, -0.2) is 31.6 Å². The summed E-state index contributed by atoms with van der Waals surface area (Å²) >= 11 is 0.